The summed E-state index contributed by atoms with van der Waals surface area (Å²) in [4.78, 5) is 23.6. The van der Waals surface area contributed by atoms with E-state index >= 15 is 0 Å². The van der Waals surface area contributed by atoms with Gasteiger partial charge in [-0.25, -0.2) is 4.79 Å². The normalized spacial score (nSPS) is 11.4. The summed E-state index contributed by atoms with van der Waals surface area (Å²) < 4.78 is 46.8. The summed E-state index contributed by atoms with van der Waals surface area (Å²) in [5.41, 5.74) is 1.71. The Morgan fingerprint density at radius 1 is 1.12 bits per heavy atom. The van der Waals surface area contributed by atoms with Crippen LogP contribution in [0.4, 0.5) is 18.9 Å². The first-order chi connectivity index (χ1) is 16.2. The smallest absolute Gasteiger partial charge is 0.463 e. The van der Waals surface area contributed by atoms with E-state index in [-0.39, 0.29) is 22.6 Å². The van der Waals surface area contributed by atoms with Crippen LogP contribution in [-0.4, -0.2) is 50.8 Å². The first-order valence-electron chi connectivity index (χ1n) is 9.75. The van der Waals surface area contributed by atoms with Crippen LogP contribution < -0.4 is 10.1 Å². The number of amides is 1. The van der Waals surface area contributed by atoms with Gasteiger partial charge in [-0.15, -0.1) is 18.3 Å². The SMILES string of the molecule is CCOC(=O)/C=C/c1ccc(NC(=O)CSc2nnnn2-c2ccc(OC(F)(F)F)cc2)cc1. The van der Waals surface area contributed by atoms with Crippen molar-refractivity contribution in [1.82, 2.24) is 20.2 Å². The largest absolute Gasteiger partial charge is 0.573 e. The van der Waals surface area contributed by atoms with Gasteiger partial charge in [-0.2, -0.15) is 4.68 Å². The number of nitrogens with zero attached hydrogens (tertiary/aromatic N) is 4. The molecule has 0 radical (unpaired) electrons. The van der Waals surface area contributed by atoms with Crippen LogP contribution in [-0.2, 0) is 14.3 Å². The lowest BCUT2D eigenvalue weighted by molar-refractivity contribution is -0.274. The number of alkyl halides is 3. The Hall–Kier alpha value is -3.87. The van der Waals surface area contributed by atoms with Crippen molar-refractivity contribution in [2.24, 2.45) is 0 Å². The average molecular weight is 493 g/mol. The zero-order chi connectivity index (χ0) is 24.6. The Bertz CT molecular complexity index is 1150. The molecule has 0 fully saturated rings. The molecule has 0 saturated carbocycles. The molecule has 1 heterocycles. The third-order valence-electron chi connectivity index (χ3n) is 3.98. The fourth-order valence-electron chi connectivity index (χ4n) is 2.58. The molecule has 2 aromatic carbocycles. The van der Waals surface area contributed by atoms with Crippen molar-refractivity contribution in [2.75, 3.05) is 17.7 Å². The van der Waals surface area contributed by atoms with E-state index in [1.54, 1.807) is 37.3 Å². The van der Waals surface area contributed by atoms with E-state index < -0.39 is 12.3 Å². The van der Waals surface area contributed by atoms with Gasteiger partial charge in [0.05, 0.1) is 18.0 Å². The van der Waals surface area contributed by atoms with Crippen molar-refractivity contribution in [3.8, 4) is 11.4 Å². The van der Waals surface area contributed by atoms with Gasteiger partial charge in [0.2, 0.25) is 11.1 Å². The van der Waals surface area contributed by atoms with Gasteiger partial charge in [-0.1, -0.05) is 23.9 Å². The minimum Gasteiger partial charge on any atom is -0.463 e. The maximum Gasteiger partial charge on any atom is 0.573 e. The molecule has 0 aliphatic rings. The number of hydrogen-bond donors (Lipinski definition) is 1. The first kappa shape index (κ1) is 24.8. The number of thioether (sulfide) groups is 1. The zero-order valence-electron chi connectivity index (χ0n) is 17.7. The van der Waals surface area contributed by atoms with Gasteiger partial charge in [0.15, 0.2) is 0 Å². The van der Waals surface area contributed by atoms with Gasteiger partial charge >= 0.3 is 12.3 Å². The number of nitrogens with one attached hydrogen (secondary N) is 1. The van der Waals surface area contributed by atoms with Crippen molar-refractivity contribution in [3.63, 3.8) is 0 Å². The van der Waals surface area contributed by atoms with Gasteiger partial charge in [0, 0.05) is 11.8 Å². The maximum atomic E-state index is 12.3. The molecule has 3 aromatic rings. The van der Waals surface area contributed by atoms with Crippen LogP contribution >= 0.6 is 11.8 Å². The lowest BCUT2D eigenvalue weighted by Gasteiger charge is -2.09. The number of ether oxygens (including phenoxy) is 2. The highest BCUT2D eigenvalue weighted by Gasteiger charge is 2.31. The number of hydrogen-bond acceptors (Lipinski definition) is 8. The van der Waals surface area contributed by atoms with Gasteiger partial charge in [0.25, 0.3) is 0 Å². The Balaban J connectivity index is 1.54. The minimum absolute atomic E-state index is 0.0137. The number of tetrazole rings is 1. The van der Waals surface area contributed by atoms with Crippen molar-refractivity contribution in [3.05, 3.63) is 60.2 Å². The number of carbonyl (C=O) groups excluding carboxylic acids is 2. The molecule has 0 saturated heterocycles. The molecule has 34 heavy (non-hydrogen) atoms. The van der Waals surface area contributed by atoms with Crippen LogP contribution in [0.5, 0.6) is 5.75 Å². The Morgan fingerprint density at radius 3 is 2.47 bits per heavy atom. The number of anilines is 1. The number of esters is 1. The fraction of sp³-hybridized carbons (Fsp3) is 0.190. The van der Waals surface area contributed by atoms with E-state index in [2.05, 4.69) is 25.6 Å². The molecule has 3 rings (SSSR count). The first-order valence-corrected chi connectivity index (χ1v) is 10.7. The van der Waals surface area contributed by atoms with Gasteiger partial charge in [-0.05, 0) is 65.4 Å². The molecule has 1 aromatic heterocycles. The van der Waals surface area contributed by atoms with Crippen LogP contribution in [0.2, 0.25) is 0 Å². The second kappa shape index (κ2) is 11.3. The Kier molecular flexibility index (Phi) is 8.24. The van der Waals surface area contributed by atoms with Crippen molar-refractivity contribution in [1.29, 1.82) is 0 Å². The number of halogens is 3. The van der Waals surface area contributed by atoms with Crippen LogP contribution in [0.15, 0.2) is 59.8 Å². The van der Waals surface area contributed by atoms with Crippen molar-refractivity contribution in [2.45, 2.75) is 18.4 Å². The lowest BCUT2D eigenvalue weighted by Crippen LogP contribution is -2.17. The summed E-state index contributed by atoms with van der Waals surface area (Å²) >= 11 is 1.05. The summed E-state index contributed by atoms with van der Waals surface area (Å²) in [7, 11) is 0. The number of benzene rings is 2. The highest BCUT2D eigenvalue weighted by atomic mass is 32.2. The van der Waals surface area contributed by atoms with Crippen LogP contribution in [0.1, 0.15) is 12.5 Å². The molecular formula is C21H18F3N5O4S. The molecule has 0 aliphatic carbocycles. The van der Waals surface area contributed by atoms with E-state index in [4.69, 9.17) is 4.74 Å². The number of aromatic nitrogens is 4. The molecule has 13 heteroatoms. The lowest BCUT2D eigenvalue weighted by atomic mass is 10.2. The van der Waals surface area contributed by atoms with Gasteiger partial charge in [0.1, 0.15) is 5.75 Å². The standard InChI is InChI=1S/C21H18F3N5O4S/c1-2-32-19(31)12-5-14-3-6-15(7-4-14)25-18(30)13-34-20-26-27-28-29(20)16-8-10-17(11-9-16)33-21(22,23)24/h3-12H,2,13H2,1H3,(H,25,30)/b12-5+. The Morgan fingerprint density at radius 2 is 1.82 bits per heavy atom. The molecule has 1 N–H and O–H groups in total. The summed E-state index contributed by atoms with van der Waals surface area (Å²) in [6.07, 6.45) is -1.87. The van der Waals surface area contributed by atoms with Crippen molar-refractivity contribution < 1.29 is 32.2 Å². The molecule has 0 aliphatic heterocycles. The monoisotopic (exact) mass is 493 g/mol. The molecule has 0 atom stereocenters. The summed E-state index contributed by atoms with van der Waals surface area (Å²) in [5.74, 6) is -1.14. The van der Waals surface area contributed by atoms with Crippen molar-refractivity contribution >= 4 is 35.4 Å². The quantitative estimate of drug-likeness (QED) is 0.272. The third-order valence-corrected chi connectivity index (χ3v) is 4.90. The molecule has 9 nitrogen and oxygen atoms in total. The predicted molar refractivity (Wildman–Crippen MR) is 117 cm³/mol. The molecule has 178 valence electrons. The minimum atomic E-state index is -4.79. The third kappa shape index (κ3) is 7.62. The second-order valence-electron chi connectivity index (χ2n) is 6.46. The molecule has 1 amide bonds. The molecule has 0 spiro atoms. The summed E-state index contributed by atoms with van der Waals surface area (Å²) in [5, 5.41) is 14.2. The summed E-state index contributed by atoms with van der Waals surface area (Å²) in [6.45, 7) is 2.01. The highest BCUT2D eigenvalue weighted by molar-refractivity contribution is 7.99. The zero-order valence-corrected chi connectivity index (χ0v) is 18.5. The Labute approximate surface area is 195 Å². The summed E-state index contributed by atoms with van der Waals surface area (Å²) in [6, 6.07) is 11.8. The molecule has 0 unspecified atom stereocenters. The molecular weight excluding hydrogens is 475 g/mol. The topological polar surface area (TPSA) is 108 Å². The van der Waals surface area contributed by atoms with Gasteiger partial charge < -0.3 is 14.8 Å². The number of carbonyl (C=O) groups is 2. The van der Waals surface area contributed by atoms with E-state index in [1.165, 1.54) is 22.9 Å². The van der Waals surface area contributed by atoms with Gasteiger partial charge in [-0.3, -0.25) is 4.79 Å². The maximum absolute atomic E-state index is 12.3. The fourth-order valence-corrected chi connectivity index (χ4v) is 3.27. The van der Waals surface area contributed by atoms with Crippen LogP contribution in [0.25, 0.3) is 11.8 Å². The number of rotatable bonds is 9. The van der Waals surface area contributed by atoms with Crippen LogP contribution in [0.3, 0.4) is 0 Å². The van der Waals surface area contributed by atoms with E-state index in [0.29, 0.717) is 18.0 Å². The van der Waals surface area contributed by atoms with E-state index in [1.807, 2.05) is 0 Å². The highest BCUT2D eigenvalue weighted by Crippen LogP contribution is 2.25. The van der Waals surface area contributed by atoms with Crippen LogP contribution in [0, 0.1) is 0 Å². The average Bonchev–Trinajstić information content (AvgIpc) is 3.25. The predicted octanol–water partition coefficient (Wildman–Crippen LogP) is 3.87. The second-order valence-corrected chi connectivity index (χ2v) is 7.40. The van der Waals surface area contributed by atoms with E-state index in [0.717, 1.165) is 29.5 Å². The molecule has 0 bridgehead atoms. The van der Waals surface area contributed by atoms with E-state index in [9.17, 15) is 22.8 Å².